The van der Waals surface area contributed by atoms with Gasteiger partial charge in [0.05, 0.1) is 0 Å². The van der Waals surface area contributed by atoms with E-state index in [1.165, 1.54) is 5.70 Å². The van der Waals surface area contributed by atoms with Gasteiger partial charge in [-0.05, 0) is 24.0 Å². The first-order valence-corrected chi connectivity index (χ1v) is 10.0. The highest BCUT2D eigenvalue weighted by Gasteiger charge is 2.24. The Morgan fingerprint density at radius 3 is 3.07 bits per heavy atom. The third kappa shape index (κ3) is 5.50. The number of amides is 2. The highest BCUT2D eigenvalue weighted by Crippen LogP contribution is 2.30. The zero-order valence-corrected chi connectivity index (χ0v) is 16.2. The van der Waals surface area contributed by atoms with Crippen molar-refractivity contribution in [2.24, 2.45) is 4.99 Å². The highest BCUT2D eigenvalue weighted by atomic mass is 32.2. The van der Waals surface area contributed by atoms with Crippen LogP contribution in [-0.4, -0.2) is 48.1 Å². The van der Waals surface area contributed by atoms with Crippen molar-refractivity contribution in [1.82, 2.24) is 10.2 Å². The number of amidine groups is 1. The SMILES string of the molecule is CCC(=O)Nc1cccc(OCC(=O)NCCC2=CSC3=NCCCN23)c1. The van der Waals surface area contributed by atoms with Crippen LogP contribution in [0.3, 0.4) is 0 Å². The molecular weight excluding hydrogens is 364 g/mol. The lowest BCUT2D eigenvalue weighted by Crippen LogP contribution is -2.33. The van der Waals surface area contributed by atoms with Crippen LogP contribution in [0.25, 0.3) is 0 Å². The van der Waals surface area contributed by atoms with E-state index < -0.39 is 0 Å². The molecule has 0 radical (unpaired) electrons. The van der Waals surface area contributed by atoms with E-state index in [0.29, 0.717) is 24.4 Å². The monoisotopic (exact) mass is 388 g/mol. The number of thioether (sulfide) groups is 1. The fourth-order valence-electron chi connectivity index (χ4n) is 2.77. The Morgan fingerprint density at radius 2 is 2.22 bits per heavy atom. The third-order valence-corrected chi connectivity index (χ3v) is 5.13. The van der Waals surface area contributed by atoms with Crippen LogP contribution < -0.4 is 15.4 Å². The van der Waals surface area contributed by atoms with Crippen LogP contribution >= 0.6 is 11.8 Å². The molecule has 0 aromatic heterocycles. The predicted octanol–water partition coefficient (Wildman–Crippen LogP) is 2.57. The molecule has 1 aromatic carbocycles. The smallest absolute Gasteiger partial charge is 0.257 e. The quantitative estimate of drug-likeness (QED) is 0.715. The van der Waals surface area contributed by atoms with Gasteiger partial charge < -0.3 is 20.3 Å². The van der Waals surface area contributed by atoms with Crippen LogP contribution in [0.2, 0.25) is 0 Å². The molecule has 0 atom stereocenters. The number of ether oxygens (including phenoxy) is 1. The Kier molecular flexibility index (Phi) is 6.75. The molecule has 2 amide bonds. The van der Waals surface area contributed by atoms with Crippen LogP contribution in [0.15, 0.2) is 40.4 Å². The second kappa shape index (κ2) is 9.45. The van der Waals surface area contributed by atoms with E-state index in [2.05, 4.69) is 25.9 Å². The number of carbonyl (C=O) groups is 2. The minimum absolute atomic E-state index is 0.0601. The standard InChI is InChI=1S/C19H24N4O3S/c1-2-17(24)22-14-5-3-6-16(11-14)26-12-18(25)20-9-7-15-13-27-19-21-8-4-10-23(15)19/h3,5-6,11,13H,2,4,7-10,12H2,1H3,(H,20,25)(H,22,24). The molecule has 3 rings (SSSR count). The number of nitrogens with one attached hydrogen (secondary N) is 2. The van der Waals surface area contributed by atoms with Gasteiger partial charge in [0.15, 0.2) is 11.8 Å². The molecule has 0 fully saturated rings. The van der Waals surface area contributed by atoms with Gasteiger partial charge in [-0.15, -0.1) is 0 Å². The summed E-state index contributed by atoms with van der Waals surface area (Å²) in [4.78, 5) is 30.2. The number of nitrogens with zero attached hydrogens (tertiary/aromatic N) is 2. The first kappa shape index (κ1) is 19.3. The Morgan fingerprint density at radius 1 is 1.33 bits per heavy atom. The van der Waals surface area contributed by atoms with E-state index in [4.69, 9.17) is 4.74 Å². The molecule has 2 heterocycles. The minimum atomic E-state index is -0.170. The summed E-state index contributed by atoms with van der Waals surface area (Å²) in [6.45, 7) is 4.19. The van der Waals surface area contributed by atoms with E-state index in [1.807, 2.05) is 0 Å². The molecule has 2 aliphatic heterocycles. The van der Waals surface area contributed by atoms with Gasteiger partial charge in [0, 0.05) is 49.9 Å². The molecule has 27 heavy (non-hydrogen) atoms. The van der Waals surface area contributed by atoms with E-state index in [1.54, 1.807) is 43.0 Å². The van der Waals surface area contributed by atoms with Gasteiger partial charge in [-0.25, -0.2) is 0 Å². The van der Waals surface area contributed by atoms with Crippen molar-refractivity contribution in [3.05, 3.63) is 35.4 Å². The summed E-state index contributed by atoms with van der Waals surface area (Å²) >= 11 is 1.65. The normalized spacial score (nSPS) is 15.5. The van der Waals surface area contributed by atoms with Crippen molar-refractivity contribution >= 4 is 34.4 Å². The Balaban J connectivity index is 1.39. The highest BCUT2D eigenvalue weighted by molar-refractivity contribution is 8.16. The predicted molar refractivity (Wildman–Crippen MR) is 108 cm³/mol. The number of fused-ring (bicyclic) bond motifs is 1. The molecule has 1 aromatic rings. The Bertz CT molecular complexity index is 763. The van der Waals surface area contributed by atoms with Gasteiger partial charge in [-0.3, -0.25) is 14.6 Å². The molecule has 144 valence electrons. The summed E-state index contributed by atoms with van der Waals surface area (Å²) in [6, 6.07) is 7.03. The number of hydrogen-bond donors (Lipinski definition) is 2. The number of hydrogen-bond acceptors (Lipinski definition) is 6. The number of rotatable bonds is 8. The van der Waals surface area contributed by atoms with Gasteiger partial charge in [-0.1, -0.05) is 24.8 Å². The van der Waals surface area contributed by atoms with E-state index >= 15 is 0 Å². The molecule has 7 nitrogen and oxygen atoms in total. The summed E-state index contributed by atoms with van der Waals surface area (Å²) < 4.78 is 5.52. The van der Waals surface area contributed by atoms with Gasteiger partial charge in [0.1, 0.15) is 5.75 Å². The molecule has 0 aliphatic carbocycles. The van der Waals surface area contributed by atoms with E-state index in [-0.39, 0.29) is 18.4 Å². The zero-order chi connectivity index (χ0) is 19.1. The maximum absolute atomic E-state index is 12.0. The van der Waals surface area contributed by atoms with Crippen LogP contribution in [0.5, 0.6) is 5.75 Å². The molecule has 0 bridgehead atoms. The fourth-order valence-corrected chi connectivity index (χ4v) is 3.76. The third-order valence-electron chi connectivity index (χ3n) is 4.18. The Labute approximate surface area is 163 Å². The lowest BCUT2D eigenvalue weighted by molar-refractivity contribution is -0.123. The summed E-state index contributed by atoms with van der Waals surface area (Å²) in [5.74, 6) is 0.311. The molecule has 0 unspecified atom stereocenters. The molecular formula is C19H24N4O3S. The molecule has 0 saturated heterocycles. The van der Waals surface area contributed by atoms with Crippen LogP contribution in [0, 0.1) is 0 Å². The molecule has 0 spiro atoms. The summed E-state index contributed by atoms with van der Waals surface area (Å²) in [5.41, 5.74) is 1.86. The number of carbonyl (C=O) groups excluding carboxylic acids is 2. The van der Waals surface area contributed by atoms with E-state index in [9.17, 15) is 9.59 Å². The molecule has 2 N–H and O–H groups in total. The number of benzene rings is 1. The van der Waals surface area contributed by atoms with Crippen LogP contribution in [-0.2, 0) is 9.59 Å². The number of aliphatic imine (C=N–C) groups is 1. The van der Waals surface area contributed by atoms with Gasteiger partial charge >= 0.3 is 0 Å². The molecule has 2 aliphatic rings. The van der Waals surface area contributed by atoms with Crippen molar-refractivity contribution in [1.29, 1.82) is 0 Å². The lowest BCUT2D eigenvalue weighted by Gasteiger charge is -2.25. The van der Waals surface area contributed by atoms with Crippen molar-refractivity contribution in [3.8, 4) is 5.75 Å². The maximum Gasteiger partial charge on any atom is 0.257 e. The fraction of sp³-hybridized carbons (Fsp3) is 0.421. The maximum atomic E-state index is 12.0. The first-order valence-electron chi connectivity index (χ1n) is 9.13. The second-order valence-electron chi connectivity index (χ2n) is 6.21. The van der Waals surface area contributed by atoms with Gasteiger partial charge in [-0.2, -0.15) is 0 Å². The zero-order valence-electron chi connectivity index (χ0n) is 15.4. The largest absolute Gasteiger partial charge is 0.484 e. The Hall–Kier alpha value is -2.48. The average molecular weight is 388 g/mol. The lowest BCUT2D eigenvalue weighted by atomic mass is 10.2. The van der Waals surface area contributed by atoms with E-state index in [0.717, 1.165) is 31.1 Å². The minimum Gasteiger partial charge on any atom is -0.484 e. The van der Waals surface area contributed by atoms with Crippen LogP contribution in [0.1, 0.15) is 26.2 Å². The summed E-state index contributed by atoms with van der Waals surface area (Å²) in [7, 11) is 0. The van der Waals surface area contributed by atoms with Crippen molar-refractivity contribution < 1.29 is 14.3 Å². The van der Waals surface area contributed by atoms with Crippen molar-refractivity contribution in [2.45, 2.75) is 26.2 Å². The second-order valence-corrected chi connectivity index (χ2v) is 7.05. The van der Waals surface area contributed by atoms with Crippen molar-refractivity contribution in [3.63, 3.8) is 0 Å². The first-order chi connectivity index (χ1) is 13.2. The number of anilines is 1. The van der Waals surface area contributed by atoms with Gasteiger partial charge in [0.2, 0.25) is 5.91 Å². The molecule has 0 saturated carbocycles. The van der Waals surface area contributed by atoms with Crippen molar-refractivity contribution in [2.75, 3.05) is 31.6 Å². The van der Waals surface area contributed by atoms with Gasteiger partial charge in [0.25, 0.3) is 5.91 Å². The molecule has 8 heteroatoms. The summed E-state index contributed by atoms with van der Waals surface area (Å²) in [5, 5.41) is 8.83. The topological polar surface area (TPSA) is 83.0 Å². The summed E-state index contributed by atoms with van der Waals surface area (Å²) in [6.07, 6.45) is 2.25. The van der Waals surface area contributed by atoms with Crippen LogP contribution in [0.4, 0.5) is 5.69 Å². The average Bonchev–Trinajstić information content (AvgIpc) is 3.10.